The molecule has 0 fully saturated rings. The Morgan fingerprint density at radius 3 is 0.887 bits per heavy atom. The molecular weight excluding hydrogens is 872 g/mol. The van der Waals surface area contributed by atoms with E-state index in [1.54, 1.807) is 0 Å². The summed E-state index contributed by atoms with van der Waals surface area (Å²) in [5.41, 5.74) is 11.3. The fraction of sp³-hybridized carbons (Fsp3) is 0.0169. The maximum absolute atomic E-state index is 7.22. The number of nitrogens with zero attached hydrogens (tertiary/aromatic N) is 4. The number of fused-ring (bicyclic) bond motifs is 4. The average Bonchev–Trinajstić information content (AvgIpc) is 4.21. The molecule has 0 N–H and O–H groups in total. The van der Waals surface area contributed by atoms with Crippen LogP contribution in [0.4, 0.5) is 39.8 Å². The second-order valence-electron chi connectivity index (χ2n) is 18.7. The number of anilines is 7. The lowest BCUT2D eigenvalue weighted by Gasteiger charge is -2.29. The van der Waals surface area contributed by atoms with E-state index in [0.29, 0.717) is 0 Å². The monoisotopic (exact) mass is 912 g/mol. The second kappa shape index (κ2) is 15.6. The smallest absolute Gasteiger partial charge is 0.524 e. The van der Waals surface area contributed by atoms with Gasteiger partial charge in [0.15, 0.2) is 0 Å². The lowest BCUT2D eigenvalue weighted by molar-refractivity contribution is 0.602. The van der Waals surface area contributed by atoms with Gasteiger partial charge in [-0.3, -0.25) is 0 Å². The Hall–Kier alpha value is -8.88. The molecule has 0 spiro atoms. The van der Waals surface area contributed by atoms with Crippen LogP contribution in [0.1, 0.15) is 0 Å². The Labute approximate surface area is 412 Å². The van der Waals surface area contributed by atoms with Crippen LogP contribution in [0.5, 0.6) is 23.0 Å². The van der Waals surface area contributed by atoms with Crippen molar-refractivity contribution in [2.45, 2.75) is 0 Å². The summed E-state index contributed by atoms with van der Waals surface area (Å²) in [6.07, 6.45) is 0. The van der Waals surface area contributed by atoms with E-state index in [1.807, 2.05) is 24.3 Å². The normalized spacial score (nSPS) is 14.5. The molecule has 0 atom stereocenters. The van der Waals surface area contributed by atoms with Gasteiger partial charge in [-0.05, 0) is 146 Å². The highest BCUT2D eigenvalue weighted by molar-refractivity contribution is 6.83. The van der Waals surface area contributed by atoms with Crippen LogP contribution in [-0.2, 0) is 0 Å². The number of para-hydroxylation sites is 11. The van der Waals surface area contributed by atoms with Gasteiger partial charge in [0.25, 0.3) is 0 Å². The summed E-state index contributed by atoms with van der Waals surface area (Å²) in [6.45, 7) is 0. The first-order chi connectivity index (χ1) is 35.2. The van der Waals surface area contributed by atoms with Gasteiger partial charge in [-0.1, -0.05) is 140 Å². The molecule has 4 heterocycles. The standard InChI is InChI=1S/C59H40B4N4O4/c1-64-50-25-11-15-29-54(50)68-60(64)46-37-47(61-65(39-19-5-2-6-20-39)51-26-12-16-30-55(51)69-61)43-35-36-45-49(63-67(41-23-9-4-10-24-41)53-28-14-18-32-57(53)71-63)38-48(44-34-33-42(46)58(43)59(44)45)62-66(40-21-7-3-8-22-40)52-27-13-17-31-56(52)70-62/h2-38H,1H3. The lowest BCUT2D eigenvalue weighted by atomic mass is 9.59. The van der Waals surface area contributed by atoms with Gasteiger partial charge < -0.3 is 37.9 Å². The van der Waals surface area contributed by atoms with Gasteiger partial charge in [-0.2, -0.15) is 0 Å². The van der Waals surface area contributed by atoms with Crippen molar-refractivity contribution < 1.29 is 18.6 Å². The molecule has 11 aromatic rings. The van der Waals surface area contributed by atoms with Crippen LogP contribution in [0, 0.1) is 0 Å². The third-order valence-electron chi connectivity index (χ3n) is 14.8. The molecule has 0 unspecified atom stereocenters. The zero-order valence-electron chi connectivity index (χ0n) is 38.6. The first-order valence-electron chi connectivity index (χ1n) is 24.2. The largest absolute Gasteiger partial charge is 0.536 e. The van der Waals surface area contributed by atoms with Crippen molar-refractivity contribution in [1.29, 1.82) is 0 Å². The Morgan fingerprint density at radius 2 is 0.549 bits per heavy atom. The zero-order valence-corrected chi connectivity index (χ0v) is 38.6. The average molecular weight is 912 g/mol. The summed E-state index contributed by atoms with van der Waals surface area (Å²) in [5, 5.41) is 6.61. The summed E-state index contributed by atoms with van der Waals surface area (Å²) in [6, 6.07) is 79.0. The molecular formula is C59H40B4N4O4. The van der Waals surface area contributed by atoms with Crippen LogP contribution in [0.2, 0.25) is 0 Å². The number of hydrogen-bond acceptors (Lipinski definition) is 8. The molecule has 71 heavy (non-hydrogen) atoms. The first-order valence-corrected chi connectivity index (χ1v) is 24.2. The van der Waals surface area contributed by atoms with Gasteiger partial charge in [0.1, 0.15) is 23.0 Å². The van der Waals surface area contributed by atoms with Crippen molar-refractivity contribution in [1.82, 2.24) is 0 Å². The molecule has 0 radical (unpaired) electrons. The van der Waals surface area contributed by atoms with E-state index >= 15 is 0 Å². The highest BCUT2D eigenvalue weighted by Gasteiger charge is 2.47. The van der Waals surface area contributed by atoms with E-state index in [-0.39, 0.29) is 0 Å². The third-order valence-corrected chi connectivity index (χ3v) is 14.8. The maximum Gasteiger partial charge on any atom is 0.524 e. The highest BCUT2D eigenvalue weighted by Crippen LogP contribution is 2.46. The number of benzene rings is 11. The molecule has 4 aliphatic heterocycles. The molecule has 0 saturated heterocycles. The van der Waals surface area contributed by atoms with Gasteiger partial charge in [0.05, 0.1) is 22.7 Å². The Kier molecular flexibility index (Phi) is 8.78. The van der Waals surface area contributed by atoms with E-state index in [0.717, 1.165) is 117 Å². The predicted molar refractivity (Wildman–Crippen MR) is 294 cm³/mol. The molecule has 0 aromatic heterocycles. The molecule has 15 rings (SSSR count). The van der Waals surface area contributed by atoms with E-state index in [2.05, 4.69) is 226 Å². The molecule has 0 aliphatic carbocycles. The lowest BCUT2D eigenvalue weighted by Crippen LogP contribution is -2.53. The minimum absolute atomic E-state index is 0.425. The van der Waals surface area contributed by atoms with Gasteiger partial charge >= 0.3 is 28.2 Å². The highest BCUT2D eigenvalue weighted by atomic mass is 16.5. The molecule has 0 bridgehead atoms. The minimum Gasteiger partial charge on any atom is -0.536 e. The summed E-state index contributed by atoms with van der Waals surface area (Å²) >= 11 is 0. The predicted octanol–water partition coefficient (Wildman–Crippen LogP) is 10.6. The first kappa shape index (κ1) is 40.0. The quantitative estimate of drug-likeness (QED) is 0.116. The minimum atomic E-state index is -0.522. The molecule has 332 valence electrons. The van der Waals surface area contributed by atoms with Crippen LogP contribution < -0.4 is 59.7 Å². The van der Waals surface area contributed by atoms with Gasteiger partial charge in [-0.25, -0.2) is 0 Å². The van der Waals surface area contributed by atoms with Crippen molar-refractivity contribution in [3.8, 4) is 23.0 Å². The summed E-state index contributed by atoms with van der Waals surface area (Å²) < 4.78 is 28.6. The van der Waals surface area contributed by atoms with Gasteiger partial charge in [0.2, 0.25) is 0 Å². The van der Waals surface area contributed by atoms with E-state index in [1.165, 1.54) is 0 Å². The van der Waals surface area contributed by atoms with Crippen molar-refractivity contribution in [2.24, 2.45) is 0 Å². The molecule has 12 heteroatoms. The number of hydrogen-bond donors (Lipinski definition) is 0. The van der Waals surface area contributed by atoms with Crippen LogP contribution in [0.15, 0.2) is 224 Å². The van der Waals surface area contributed by atoms with E-state index in [4.69, 9.17) is 18.6 Å². The molecule has 8 nitrogen and oxygen atoms in total. The molecule has 11 aromatic carbocycles. The summed E-state index contributed by atoms with van der Waals surface area (Å²) in [7, 11) is 0.153. The van der Waals surface area contributed by atoms with E-state index in [9.17, 15) is 0 Å². The molecule has 0 amide bonds. The Morgan fingerprint density at radius 1 is 0.282 bits per heavy atom. The van der Waals surface area contributed by atoms with E-state index < -0.39 is 28.2 Å². The van der Waals surface area contributed by atoms with Crippen LogP contribution >= 0.6 is 0 Å². The van der Waals surface area contributed by atoms with Crippen LogP contribution in [0.3, 0.4) is 0 Å². The van der Waals surface area contributed by atoms with Crippen LogP contribution in [-0.4, -0.2) is 35.2 Å². The molecule has 4 aliphatic rings. The van der Waals surface area contributed by atoms with Crippen molar-refractivity contribution in [3.05, 3.63) is 224 Å². The summed E-state index contributed by atoms with van der Waals surface area (Å²) in [5.74, 6) is 3.34. The fourth-order valence-electron chi connectivity index (χ4n) is 11.7. The SMILES string of the molecule is CN1B(c2cc(B3Oc4ccccc4N3c3ccccc3)c3ccc4c(B5Oc6ccccc6N5c5ccccc5)cc(B5Oc6ccccc6N5c5ccccc5)c5ccc2c3c54)Oc2ccccc21. The Balaban J connectivity index is 1.05. The third kappa shape index (κ3) is 5.97. The molecule has 0 saturated carbocycles. The fourth-order valence-corrected chi connectivity index (χ4v) is 11.7. The zero-order chi connectivity index (χ0) is 46.7. The Bertz CT molecular complexity index is 3770. The second-order valence-corrected chi connectivity index (χ2v) is 18.7. The van der Waals surface area contributed by atoms with Crippen molar-refractivity contribution in [2.75, 3.05) is 26.3 Å². The van der Waals surface area contributed by atoms with Gasteiger partial charge in [-0.15, -0.1) is 0 Å². The number of rotatable bonds is 7. The topological polar surface area (TPSA) is 49.9 Å². The van der Waals surface area contributed by atoms with Crippen molar-refractivity contribution in [3.63, 3.8) is 0 Å². The van der Waals surface area contributed by atoms with Gasteiger partial charge in [0, 0.05) is 17.1 Å². The maximum atomic E-state index is 7.22. The van der Waals surface area contributed by atoms with Crippen molar-refractivity contribution >= 4 is 122 Å². The van der Waals surface area contributed by atoms with Crippen LogP contribution in [0.25, 0.3) is 32.3 Å². The summed E-state index contributed by atoms with van der Waals surface area (Å²) in [4.78, 5) is 9.26.